The van der Waals surface area contributed by atoms with E-state index in [2.05, 4.69) is 286 Å². The zero-order chi connectivity index (χ0) is 70.3. The van der Waals surface area contributed by atoms with E-state index in [4.69, 9.17) is 38.7 Å². The van der Waals surface area contributed by atoms with Crippen LogP contribution in [0.15, 0.2) is 312 Å². The van der Waals surface area contributed by atoms with Crippen molar-refractivity contribution < 1.29 is 8.83 Å². The molecule has 2 aliphatic carbocycles. The Hall–Kier alpha value is -13.7. The van der Waals surface area contributed by atoms with E-state index in [1.54, 1.807) is 0 Å². The van der Waals surface area contributed by atoms with E-state index in [1.807, 2.05) is 54.6 Å². The van der Waals surface area contributed by atoms with Gasteiger partial charge in [-0.15, -0.1) is 0 Å². The molecule has 0 atom stereocenters. The highest BCUT2D eigenvalue weighted by molar-refractivity contribution is 6.27. The van der Waals surface area contributed by atoms with Crippen LogP contribution in [0.1, 0.15) is 49.9 Å². The molecule has 106 heavy (non-hydrogen) atoms. The molecule has 20 aromatic rings. The smallest absolute Gasteiger partial charge is 0.167 e. The summed E-state index contributed by atoms with van der Waals surface area (Å²) < 4.78 is 17.9. The van der Waals surface area contributed by atoms with Gasteiger partial charge in [0.05, 0.1) is 27.6 Å². The van der Waals surface area contributed by atoms with Gasteiger partial charge in [0.2, 0.25) is 0 Å². The quantitative estimate of drug-likeness (QED) is 0.140. The maximum atomic E-state index is 6.68. The van der Waals surface area contributed by atoms with Crippen molar-refractivity contribution in [1.82, 2.24) is 39.0 Å². The van der Waals surface area contributed by atoms with Crippen molar-refractivity contribution in [2.45, 2.75) is 38.5 Å². The average molecular weight is 1360 g/mol. The maximum Gasteiger partial charge on any atom is 0.167 e. The SMILES string of the molecule is CC1(C)c2ccccc2-c2c(-c3nc(-c4ccccc4)nc(-c4cccc(-n5c6ccccc6c6c7c(ccc65)C(C)(C)c5cc(-c6cccc(-c8nc(-c9ccc(-n%10c%11ccccc%11c%11c%12c(ccc%11%10)oc%10ccccc%10%12)cc9)nc(-c9cccc%10c9oc9ccccc9%10)n8)c6)ccc5-7)c4)n3)cccc21. The fraction of sp³-hybridized carbons (Fsp3) is 0.0625. The molecular weight excluding hydrogens is 1300 g/mol. The molecule has 0 radical (unpaired) electrons. The van der Waals surface area contributed by atoms with Gasteiger partial charge in [0, 0.05) is 93.1 Å². The summed E-state index contributed by atoms with van der Waals surface area (Å²) in [5.74, 6) is 3.50. The number of fused-ring (bicyclic) bond motifs is 20. The van der Waals surface area contributed by atoms with Gasteiger partial charge in [0.1, 0.15) is 22.3 Å². The molecule has 0 saturated heterocycles. The Balaban J connectivity index is 0.644. The summed E-state index contributed by atoms with van der Waals surface area (Å²) in [7, 11) is 0. The number of furan rings is 2. The third-order valence-corrected chi connectivity index (χ3v) is 22.6. The van der Waals surface area contributed by atoms with Crippen molar-refractivity contribution in [3.63, 3.8) is 0 Å². The number of para-hydroxylation sites is 5. The number of benzene rings is 14. The van der Waals surface area contributed by atoms with E-state index in [9.17, 15) is 0 Å². The van der Waals surface area contributed by atoms with E-state index < -0.39 is 0 Å². The predicted molar refractivity (Wildman–Crippen MR) is 430 cm³/mol. The van der Waals surface area contributed by atoms with E-state index >= 15 is 0 Å². The van der Waals surface area contributed by atoms with Crippen LogP contribution in [0, 0.1) is 0 Å². The Labute approximate surface area is 608 Å². The van der Waals surface area contributed by atoms with E-state index in [0.717, 1.165) is 127 Å². The van der Waals surface area contributed by atoms with E-state index in [0.29, 0.717) is 34.9 Å². The summed E-state index contributed by atoms with van der Waals surface area (Å²) in [6.07, 6.45) is 0. The Bertz CT molecular complexity index is 7150. The molecule has 0 saturated carbocycles. The lowest BCUT2D eigenvalue weighted by Gasteiger charge is -2.22. The zero-order valence-electron chi connectivity index (χ0n) is 58.3. The molecule has 0 fully saturated rings. The summed E-state index contributed by atoms with van der Waals surface area (Å²) in [6, 6.07) is 108. The molecule has 10 heteroatoms. The van der Waals surface area contributed by atoms with Gasteiger partial charge in [-0.25, -0.2) is 29.9 Å². The molecule has 0 unspecified atom stereocenters. The lowest BCUT2D eigenvalue weighted by molar-refractivity contribution is 0.660. The minimum atomic E-state index is -0.340. The number of nitrogens with zero attached hydrogens (tertiary/aromatic N) is 8. The van der Waals surface area contributed by atoms with Gasteiger partial charge in [0.15, 0.2) is 34.9 Å². The molecule has 0 bridgehead atoms. The second kappa shape index (κ2) is 22.4. The summed E-state index contributed by atoms with van der Waals surface area (Å²) in [5, 5.41) is 9.00. The van der Waals surface area contributed by atoms with Gasteiger partial charge in [-0.2, -0.15) is 0 Å². The standard InChI is InChI=1S/C96H62N8O2/c1-95(2)72-36-13-8-29-65(72)83-70(34-21-37-73(83)95)93-99-89(55-22-6-5-7-23-55)97-92(101-93)60-26-19-27-62(53-60)104-77-39-15-9-30-67(77)85-78(104)49-48-74-84(85)66-47-44-58(54-75(66)96(74,3)4)57-24-18-25-59(52-57)91-98-90(100-94(102-91)71-35-20-33-64-63-28-11-16-40-80(63)106-88(64)71)56-42-45-61(46-43-56)103-76-38-14-10-31-68(76)86-79(103)50-51-82-87(86)69-32-12-17-41-81(69)105-82/h5-54H,1-4H3. The van der Waals surface area contributed by atoms with Gasteiger partial charge in [-0.3, -0.25) is 0 Å². The van der Waals surface area contributed by atoms with Crippen LogP contribution in [0.3, 0.4) is 0 Å². The van der Waals surface area contributed by atoms with Crippen LogP contribution >= 0.6 is 0 Å². The first-order valence-electron chi connectivity index (χ1n) is 36.2. The number of aromatic nitrogens is 8. The van der Waals surface area contributed by atoms with Crippen LogP contribution < -0.4 is 0 Å². The summed E-state index contributed by atoms with van der Waals surface area (Å²) in [5.41, 5.74) is 26.7. The highest BCUT2D eigenvalue weighted by atomic mass is 16.3. The lowest BCUT2D eigenvalue weighted by atomic mass is 9.81. The molecule has 2 aliphatic rings. The highest BCUT2D eigenvalue weighted by Crippen LogP contribution is 2.56. The fourth-order valence-electron chi connectivity index (χ4n) is 17.6. The predicted octanol–water partition coefficient (Wildman–Crippen LogP) is 24.3. The molecule has 0 aliphatic heterocycles. The minimum Gasteiger partial charge on any atom is -0.456 e. The van der Waals surface area contributed by atoms with Gasteiger partial charge in [-0.05, 0) is 153 Å². The third kappa shape index (κ3) is 8.79. The second-order valence-electron chi connectivity index (χ2n) is 29.2. The van der Waals surface area contributed by atoms with Crippen molar-refractivity contribution >= 4 is 87.5 Å². The number of hydrogen-bond acceptors (Lipinski definition) is 8. The van der Waals surface area contributed by atoms with Crippen molar-refractivity contribution in [3.05, 3.63) is 326 Å². The van der Waals surface area contributed by atoms with Crippen LogP contribution in [0.2, 0.25) is 0 Å². The lowest BCUT2D eigenvalue weighted by Crippen LogP contribution is -2.15. The van der Waals surface area contributed by atoms with Gasteiger partial charge in [0.25, 0.3) is 0 Å². The van der Waals surface area contributed by atoms with Crippen molar-refractivity contribution in [2.24, 2.45) is 0 Å². The third-order valence-electron chi connectivity index (χ3n) is 22.6. The summed E-state index contributed by atoms with van der Waals surface area (Å²) >= 11 is 0. The first kappa shape index (κ1) is 59.9. The second-order valence-corrected chi connectivity index (χ2v) is 29.2. The van der Waals surface area contributed by atoms with Crippen molar-refractivity contribution in [3.8, 4) is 113 Å². The van der Waals surface area contributed by atoms with Crippen LogP contribution in [-0.2, 0) is 10.8 Å². The Kier molecular flexibility index (Phi) is 12.7. The van der Waals surface area contributed by atoms with Crippen molar-refractivity contribution in [2.75, 3.05) is 0 Å². The topological polar surface area (TPSA) is 113 Å². The molecule has 14 aromatic carbocycles. The van der Waals surface area contributed by atoms with Crippen LogP contribution in [0.5, 0.6) is 0 Å². The average Bonchev–Trinajstić information content (AvgIpc) is 1.52. The van der Waals surface area contributed by atoms with Gasteiger partial charge in [-0.1, -0.05) is 234 Å². The van der Waals surface area contributed by atoms with Crippen LogP contribution in [0.25, 0.3) is 201 Å². The molecule has 498 valence electrons. The van der Waals surface area contributed by atoms with Gasteiger partial charge >= 0.3 is 0 Å². The van der Waals surface area contributed by atoms with Gasteiger partial charge < -0.3 is 18.0 Å². The van der Waals surface area contributed by atoms with Crippen molar-refractivity contribution in [1.29, 1.82) is 0 Å². The molecule has 22 rings (SSSR count). The molecule has 10 nitrogen and oxygen atoms in total. The Morgan fingerprint density at radius 3 is 1.50 bits per heavy atom. The molecule has 6 aromatic heterocycles. The Morgan fingerprint density at radius 1 is 0.245 bits per heavy atom. The first-order valence-corrected chi connectivity index (χ1v) is 36.2. The Morgan fingerprint density at radius 2 is 0.726 bits per heavy atom. The van der Waals surface area contributed by atoms with Crippen LogP contribution in [-0.4, -0.2) is 39.0 Å². The van der Waals surface area contributed by atoms with Crippen LogP contribution in [0.4, 0.5) is 0 Å². The largest absolute Gasteiger partial charge is 0.456 e. The molecular formula is C96H62N8O2. The number of hydrogen-bond donors (Lipinski definition) is 0. The molecule has 0 amide bonds. The van der Waals surface area contributed by atoms with E-state index in [1.165, 1.54) is 60.7 Å². The molecule has 6 heterocycles. The van der Waals surface area contributed by atoms with E-state index in [-0.39, 0.29) is 10.8 Å². The maximum absolute atomic E-state index is 6.68. The first-order chi connectivity index (χ1) is 52.1. The zero-order valence-corrected chi connectivity index (χ0v) is 58.3. The molecule has 0 spiro atoms. The monoisotopic (exact) mass is 1360 g/mol. The fourth-order valence-corrected chi connectivity index (χ4v) is 17.6. The minimum absolute atomic E-state index is 0.181. The summed E-state index contributed by atoms with van der Waals surface area (Å²) in [6.45, 7) is 9.36. The number of rotatable bonds is 9. The molecule has 0 N–H and O–H groups in total. The summed E-state index contributed by atoms with van der Waals surface area (Å²) in [4.78, 5) is 32.1. The normalized spacial score (nSPS) is 13.4. The highest BCUT2D eigenvalue weighted by Gasteiger charge is 2.40.